The fourth-order valence-electron chi connectivity index (χ4n) is 2.47. The molecule has 1 fully saturated rings. The molecule has 1 aliphatic rings. The largest absolute Gasteiger partial charge is 0.480 e. The molecule has 2 heterocycles. The minimum atomic E-state index is -0.957. The summed E-state index contributed by atoms with van der Waals surface area (Å²) in [5.74, 6) is -0.475. The number of furan rings is 1. The minimum absolute atomic E-state index is 0.132. The molecule has 1 aliphatic heterocycles. The van der Waals surface area contributed by atoms with E-state index >= 15 is 0 Å². The molecule has 1 unspecified atom stereocenters. The lowest BCUT2D eigenvalue weighted by atomic mass is 10.2. The van der Waals surface area contributed by atoms with Crippen LogP contribution >= 0.6 is 0 Å². The van der Waals surface area contributed by atoms with Crippen LogP contribution in [0, 0.1) is 0 Å². The van der Waals surface area contributed by atoms with E-state index in [2.05, 4.69) is 0 Å². The van der Waals surface area contributed by atoms with Gasteiger partial charge in [0.1, 0.15) is 17.4 Å². The van der Waals surface area contributed by atoms with Gasteiger partial charge in [-0.2, -0.15) is 0 Å². The van der Waals surface area contributed by atoms with Crippen LogP contribution in [0.15, 0.2) is 34.7 Å². The van der Waals surface area contributed by atoms with Gasteiger partial charge in [-0.05, 0) is 18.6 Å². The first-order valence-corrected chi connectivity index (χ1v) is 6.15. The summed E-state index contributed by atoms with van der Waals surface area (Å²) in [5.41, 5.74) is 0.746. The molecule has 0 spiro atoms. The number of nitrogens with zero attached hydrogens (tertiary/aromatic N) is 1. The molecule has 1 saturated heterocycles. The minimum Gasteiger partial charge on any atom is -0.480 e. The predicted octanol–water partition coefficient (Wildman–Crippen LogP) is 2.01. The lowest BCUT2D eigenvalue weighted by molar-refractivity contribution is -0.146. The quantitative estimate of drug-likeness (QED) is 0.915. The molecule has 1 aromatic heterocycles. The number of amides is 1. The van der Waals surface area contributed by atoms with Crippen LogP contribution in [0.5, 0.6) is 0 Å². The molecule has 0 saturated carbocycles. The van der Waals surface area contributed by atoms with Crippen LogP contribution < -0.4 is 0 Å². The summed E-state index contributed by atoms with van der Waals surface area (Å²) in [5, 5.41) is 10.0. The van der Waals surface area contributed by atoms with E-state index in [0.29, 0.717) is 12.2 Å². The fraction of sp³-hybridized carbons (Fsp3) is 0.286. The molecule has 1 atom stereocenters. The Morgan fingerprint density at radius 1 is 1.42 bits per heavy atom. The summed E-state index contributed by atoms with van der Waals surface area (Å²) < 4.78 is 5.62. The molecule has 1 aromatic carbocycles. The third kappa shape index (κ3) is 2.07. The molecule has 5 nitrogen and oxygen atoms in total. The Morgan fingerprint density at radius 3 is 2.95 bits per heavy atom. The first-order chi connectivity index (χ1) is 9.15. The number of carboxylic acids is 1. The second-order valence-corrected chi connectivity index (χ2v) is 4.66. The maximum absolute atomic E-state index is 11.7. The number of carbonyl (C=O) groups excluding carboxylic acids is 1. The van der Waals surface area contributed by atoms with Crippen LogP contribution in [-0.2, 0) is 16.1 Å². The number of benzene rings is 1. The Bertz CT molecular complexity index is 613. The average Bonchev–Trinajstić information content (AvgIpc) is 2.94. The molecule has 5 heteroatoms. The van der Waals surface area contributed by atoms with Gasteiger partial charge in [-0.25, -0.2) is 4.79 Å². The number of aliphatic carboxylic acids is 1. The zero-order chi connectivity index (χ0) is 13.4. The van der Waals surface area contributed by atoms with E-state index < -0.39 is 12.0 Å². The molecule has 19 heavy (non-hydrogen) atoms. The van der Waals surface area contributed by atoms with Gasteiger partial charge in [0.2, 0.25) is 5.91 Å². The van der Waals surface area contributed by atoms with E-state index in [-0.39, 0.29) is 18.9 Å². The lowest BCUT2D eigenvalue weighted by Crippen LogP contribution is -2.37. The summed E-state index contributed by atoms with van der Waals surface area (Å²) in [7, 11) is 0. The van der Waals surface area contributed by atoms with Crippen molar-refractivity contribution >= 4 is 22.8 Å². The van der Waals surface area contributed by atoms with E-state index in [4.69, 9.17) is 9.52 Å². The summed E-state index contributed by atoms with van der Waals surface area (Å²) in [6, 6.07) is 8.65. The maximum Gasteiger partial charge on any atom is 0.326 e. The molecule has 0 aliphatic carbocycles. The van der Waals surface area contributed by atoms with Gasteiger partial charge in [-0.1, -0.05) is 18.2 Å². The molecular weight excluding hydrogens is 246 g/mol. The maximum atomic E-state index is 11.7. The van der Waals surface area contributed by atoms with E-state index in [1.165, 1.54) is 4.90 Å². The number of rotatable bonds is 3. The Balaban J connectivity index is 1.87. The van der Waals surface area contributed by atoms with Crippen molar-refractivity contribution in [3.05, 3.63) is 36.1 Å². The lowest BCUT2D eigenvalue weighted by Gasteiger charge is -2.19. The van der Waals surface area contributed by atoms with Crippen molar-refractivity contribution in [2.24, 2.45) is 0 Å². The van der Waals surface area contributed by atoms with Crippen molar-refractivity contribution in [1.29, 1.82) is 0 Å². The summed E-state index contributed by atoms with van der Waals surface area (Å²) in [6.45, 7) is 0.213. The standard InChI is InChI=1S/C14H13NO4/c16-13-6-5-11(14(17)18)15(13)8-10-7-9-3-1-2-4-12(9)19-10/h1-4,7,11H,5-6,8H2,(H,17,18). The van der Waals surface area contributed by atoms with Gasteiger partial charge in [-0.15, -0.1) is 0 Å². The van der Waals surface area contributed by atoms with Crippen LogP contribution in [0.1, 0.15) is 18.6 Å². The first kappa shape index (κ1) is 11.8. The Morgan fingerprint density at radius 2 is 2.21 bits per heavy atom. The Labute approximate surface area is 109 Å². The SMILES string of the molecule is O=C(O)C1CCC(=O)N1Cc1cc2ccccc2o1. The highest BCUT2D eigenvalue weighted by molar-refractivity contribution is 5.87. The highest BCUT2D eigenvalue weighted by atomic mass is 16.4. The fourth-order valence-corrected chi connectivity index (χ4v) is 2.47. The van der Waals surface area contributed by atoms with Gasteiger partial charge in [0.25, 0.3) is 0 Å². The van der Waals surface area contributed by atoms with Crippen LogP contribution in [0.25, 0.3) is 11.0 Å². The van der Waals surface area contributed by atoms with Crippen LogP contribution in [0.2, 0.25) is 0 Å². The van der Waals surface area contributed by atoms with Crippen molar-refractivity contribution in [2.75, 3.05) is 0 Å². The second kappa shape index (κ2) is 4.42. The van der Waals surface area contributed by atoms with Gasteiger partial charge in [0, 0.05) is 11.8 Å². The monoisotopic (exact) mass is 259 g/mol. The van der Waals surface area contributed by atoms with Gasteiger partial charge >= 0.3 is 5.97 Å². The molecule has 3 rings (SSSR count). The third-order valence-corrected chi connectivity index (χ3v) is 3.42. The number of carbonyl (C=O) groups is 2. The topological polar surface area (TPSA) is 70.8 Å². The first-order valence-electron chi connectivity index (χ1n) is 6.15. The van der Waals surface area contributed by atoms with Crippen molar-refractivity contribution in [1.82, 2.24) is 4.90 Å². The zero-order valence-corrected chi connectivity index (χ0v) is 10.2. The highest BCUT2D eigenvalue weighted by Crippen LogP contribution is 2.25. The van der Waals surface area contributed by atoms with Crippen molar-refractivity contribution in [2.45, 2.75) is 25.4 Å². The third-order valence-electron chi connectivity index (χ3n) is 3.42. The second-order valence-electron chi connectivity index (χ2n) is 4.66. The summed E-state index contributed by atoms with van der Waals surface area (Å²) in [6.07, 6.45) is 0.658. The summed E-state index contributed by atoms with van der Waals surface area (Å²) >= 11 is 0. The smallest absolute Gasteiger partial charge is 0.326 e. The number of hydrogen-bond acceptors (Lipinski definition) is 3. The van der Waals surface area contributed by atoms with Gasteiger partial charge in [0.15, 0.2) is 0 Å². The number of fused-ring (bicyclic) bond motifs is 1. The van der Waals surface area contributed by atoms with Crippen molar-refractivity contribution < 1.29 is 19.1 Å². The molecule has 98 valence electrons. The number of carboxylic acid groups (broad SMARTS) is 1. The number of likely N-dealkylation sites (tertiary alicyclic amines) is 1. The van der Waals surface area contributed by atoms with E-state index in [9.17, 15) is 9.59 Å². The highest BCUT2D eigenvalue weighted by Gasteiger charge is 2.36. The van der Waals surface area contributed by atoms with Crippen molar-refractivity contribution in [3.8, 4) is 0 Å². The molecular formula is C14H13NO4. The molecule has 0 radical (unpaired) electrons. The Hall–Kier alpha value is -2.30. The molecule has 0 bridgehead atoms. The molecule has 1 N–H and O–H groups in total. The van der Waals surface area contributed by atoms with Crippen LogP contribution in [0.4, 0.5) is 0 Å². The van der Waals surface area contributed by atoms with Crippen LogP contribution in [-0.4, -0.2) is 27.9 Å². The van der Waals surface area contributed by atoms with Gasteiger partial charge in [-0.3, -0.25) is 4.79 Å². The van der Waals surface area contributed by atoms with E-state index in [1.54, 1.807) is 0 Å². The Kier molecular flexibility index (Phi) is 2.74. The van der Waals surface area contributed by atoms with Gasteiger partial charge < -0.3 is 14.4 Å². The predicted molar refractivity (Wildman–Crippen MR) is 67.4 cm³/mol. The molecule has 1 amide bonds. The zero-order valence-electron chi connectivity index (χ0n) is 10.2. The number of hydrogen-bond donors (Lipinski definition) is 1. The summed E-state index contributed by atoms with van der Waals surface area (Å²) in [4.78, 5) is 24.2. The van der Waals surface area contributed by atoms with Crippen molar-refractivity contribution in [3.63, 3.8) is 0 Å². The van der Waals surface area contributed by atoms with E-state index in [1.807, 2.05) is 30.3 Å². The van der Waals surface area contributed by atoms with Crippen LogP contribution in [0.3, 0.4) is 0 Å². The van der Waals surface area contributed by atoms with E-state index in [0.717, 1.165) is 11.0 Å². The molecule has 2 aromatic rings. The normalized spacial score (nSPS) is 19.3. The average molecular weight is 259 g/mol. The number of para-hydroxylation sites is 1. The van der Waals surface area contributed by atoms with Gasteiger partial charge in [0.05, 0.1) is 6.54 Å².